The molecule has 0 unspecified atom stereocenters. The average Bonchev–Trinajstić information content (AvgIpc) is 2.87. The van der Waals surface area contributed by atoms with E-state index < -0.39 is 35.2 Å². The summed E-state index contributed by atoms with van der Waals surface area (Å²) in [6.45, 7) is 2.14. The highest BCUT2D eigenvalue weighted by atomic mass is 19.4. The fraction of sp³-hybridized carbons (Fsp3) is 0.226. The molecule has 0 fully saturated rings. The fourth-order valence-corrected chi connectivity index (χ4v) is 4.39. The van der Waals surface area contributed by atoms with Crippen LogP contribution < -0.4 is 0 Å². The van der Waals surface area contributed by atoms with E-state index in [0.29, 0.717) is 30.5 Å². The Bertz CT molecular complexity index is 1370. The zero-order chi connectivity index (χ0) is 28.2. The molecule has 0 spiro atoms. The van der Waals surface area contributed by atoms with E-state index in [-0.39, 0.29) is 5.56 Å². The molecule has 0 aliphatic rings. The van der Waals surface area contributed by atoms with Crippen LogP contribution in [-0.2, 0) is 30.1 Å². The average molecular weight is 547 g/mol. The van der Waals surface area contributed by atoms with E-state index in [2.05, 4.69) is 35.9 Å². The molecule has 4 aromatic carbocycles. The summed E-state index contributed by atoms with van der Waals surface area (Å²) in [6, 6.07) is 21.8. The van der Waals surface area contributed by atoms with Crippen molar-refractivity contribution in [2.75, 3.05) is 0 Å². The Balaban J connectivity index is 1.43. The van der Waals surface area contributed by atoms with Gasteiger partial charge in [0.2, 0.25) is 0 Å². The minimum Gasteiger partial charge on any atom is -0.222 e. The van der Waals surface area contributed by atoms with Gasteiger partial charge in [-0.05, 0) is 76.9 Å². The van der Waals surface area contributed by atoms with Crippen molar-refractivity contribution in [2.24, 2.45) is 0 Å². The topological polar surface area (TPSA) is 9.23 Å². The lowest BCUT2D eigenvalue weighted by atomic mass is 9.97. The second-order valence-corrected chi connectivity index (χ2v) is 9.22. The Morgan fingerprint density at radius 2 is 1.00 bits per heavy atom. The van der Waals surface area contributed by atoms with Gasteiger partial charge in [-0.1, -0.05) is 74.0 Å². The highest BCUT2D eigenvalue weighted by Gasteiger charge is 2.46. The Labute approximate surface area is 221 Å². The third-order valence-electron chi connectivity index (χ3n) is 6.34. The van der Waals surface area contributed by atoms with Crippen molar-refractivity contribution >= 4 is 0 Å². The third kappa shape index (κ3) is 7.26. The van der Waals surface area contributed by atoms with Crippen LogP contribution in [0.1, 0.15) is 35.6 Å². The highest BCUT2D eigenvalue weighted by Crippen LogP contribution is 2.37. The van der Waals surface area contributed by atoms with Gasteiger partial charge in [-0.25, -0.2) is 13.5 Å². The maximum atomic E-state index is 14.8. The molecular formula is C31H25F7O. The van der Waals surface area contributed by atoms with Crippen LogP contribution in [0, 0.1) is 11.6 Å². The summed E-state index contributed by atoms with van der Waals surface area (Å²) in [5.74, 6) is -1.81. The first-order valence-corrected chi connectivity index (χ1v) is 12.4. The summed E-state index contributed by atoms with van der Waals surface area (Å²) in [4.78, 5) is 0. The first kappa shape index (κ1) is 28.4. The van der Waals surface area contributed by atoms with E-state index in [1.54, 1.807) is 0 Å². The van der Waals surface area contributed by atoms with Crippen LogP contribution in [0.25, 0.3) is 22.3 Å². The highest BCUT2D eigenvalue weighted by molar-refractivity contribution is 5.66. The van der Waals surface area contributed by atoms with Gasteiger partial charge in [0.1, 0.15) is 11.6 Å². The number of aryl methyl sites for hydroxylation is 3. The molecule has 0 aliphatic carbocycles. The zero-order valence-corrected chi connectivity index (χ0v) is 21.0. The Morgan fingerprint density at radius 3 is 1.46 bits per heavy atom. The van der Waals surface area contributed by atoms with Gasteiger partial charge in [0.05, 0.1) is 11.1 Å². The third-order valence-corrected chi connectivity index (χ3v) is 6.34. The standard InChI is InChI=1S/C31H25F7O/c1-2-3-20-6-10-23(11-7-20)24-12-8-21(9-13-24)4-5-22-18-27(32)29(28(33)19-22)25-14-16-26(17-15-25)30(34,35)39-31(36,37)38/h6-19H,2-5H2,1H3. The molecule has 204 valence electrons. The lowest BCUT2D eigenvalue weighted by molar-refractivity contribution is -0.431. The normalized spacial score (nSPS) is 12.1. The number of benzene rings is 4. The van der Waals surface area contributed by atoms with Crippen LogP contribution in [0.2, 0.25) is 0 Å². The molecule has 0 aromatic heterocycles. The summed E-state index contributed by atoms with van der Waals surface area (Å²) < 4.78 is 96.5. The predicted molar refractivity (Wildman–Crippen MR) is 136 cm³/mol. The summed E-state index contributed by atoms with van der Waals surface area (Å²) in [5, 5.41) is 0. The Hall–Kier alpha value is -3.65. The molecule has 0 N–H and O–H groups in total. The van der Waals surface area contributed by atoms with Crippen molar-refractivity contribution in [3.63, 3.8) is 0 Å². The number of hydrogen-bond donors (Lipinski definition) is 0. The molecule has 8 heteroatoms. The number of ether oxygens (including phenoxy) is 1. The van der Waals surface area contributed by atoms with Gasteiger partial charge < -0.3 is 0 Å². The minimum atomic E-state index is -5.56. The van der Waals surface area contributed by atoms with Crippen molar-refractivity contribution in [2.45, 2.75) is 45.1 Å². The van der Waals surface area contributed by atoms with Crippen molar-refractivity contribution < 1.29 is 35.5 Å². The maximum absolute atomic E-state index is 14.8. The van der Waals surface area contributed by atoms with Crippen molar-refractivity contribution in [1.29, 1.82) is 0 Å². The van der Waals surface area contributed by atoms with Crippen LogP contribution in [0.15, 0.2) is 84.9 Å². The van der Waals surface area contributed by atoms with Gasteiger partial charge in [-0.3, -0.25) is 0 Å². The second kappa shape index (κ2) is 11.6. The minimum absolute atomic E-state index is 0.0959. The second-order valence-electron chi connectivity index (χ2n) is 9.22. The van der Waals surface area contributed by atoms with Crippen LogP contribution in [0.4, 0.5) is 30.7 Å². The molecule has 0 saturated heterocycles. The van der Waals surface area contributed by atoms with E-state index in [4.69, 9.17) is 0 Å². The van der Waals surface area contributed by atoms with Crippen LogP contribution in [-0.4, -0.2) is 6.36 Å². The van der Waals surface area contributed by atoms with Gasteiger partial charge in [0.15, 0.2) is 0 Å². The van der Waals surface area contributed by atoms with Gasteiger partial charge in [0, 0.05) is 0 Å². The van der Waals surface area contributed by atoms with Gasteiger partial charge in [-0.15, -0.1) is 13.2 Å². The Kier molecular flexibility index (Phi) is 8.45. The molecular weight excluding hydrogens is 521 g/mol. The monoisotopic (exact) mass is 546 g/mol. The smallest absolute Gasteiger partial charge is 0.222 e. The van der Waals surface area contributed by atoms with Crippen molar-refractivity contribution in [1.82, 2.24) is 0 Å². The van der Waals surface area contributed by atoms with Gasteiger partial charge >= 0.3 is 12.5 Å². The Morgan fingerprint density at radius 1 is 0.564 bits per heavy atom. The lowest BCUT2D eigenvalue weighted by Gasteiger charge is -2.19. The van der Waals surface area contributed by atoms with E-state index in [9.17, 15) is 30.7 Å². The quantitative estimate of drug-likeness (QED) is 0.190. The summed E-state index contributed by atoms with van der Waals surface area (Å²) >= 11 is 0. The summed E-state index contributed by atoms with van der Waals surface area (Å²) in [5.41, 5.74) is 3.21. The summed E-state index contributed by atoms with van der Waals surface area (Å²) in [6.07, 6.45) is -7.18. The number of rotatable bonds is 9. The van der Waals surface area contributed by atoms with Gasteiger partial charge in [-0.2, -0.15) is 8.78 Å². The largest absolute Gasteiger partial charge is 0.527 e. The molecule has 0 heterocycles. The van der Waals surface area contributed by atoms with Crippen molar-refractivity contribution in [3.05, 3.63) is 119 Å². The zero-order valence-electron chi connectivity index (χ0n) is 21.0. The van der Waals surface area contributed by atoms with Gasteiger partial charge in [0.25, 0.3) is 0 Å². The fourth-order valence-electron chi connectivity index (χ4n) is 4.39. The number of hydrogen-bond acceptors (Lipinski definition) is 1. The molecule has 0 atom stereocenters. The van der Waals surface area contributed by atoms with E-state index in [0.717, 1.165) is 41.7 Å². The van der Waals surface area contributed by atoms with E-state index >= 15 is 0 Å². The van der Waals surface area contributed by atoms with Crippen LogP contribution in [0.5, 0.6) is 0 Å². The number of alkyl halides is 5. The maximum Gasteiger partial charge on any atom is 0.527 e. The molecule has 0 aliphatic heterocycles. The molecule has 1 nitrogen and oxygen atoms in total. The van der Waals surface area contributed by atoms with Crippen LogP contribution in [0.3, 0.4) is 0 Å². The van der Waals surface area contributed by atoms with Crippen LogP contribution >= 0.6 is 0 Å². The summed E-state index contributed by atoms with van der Waals surface area (Å²) in [7, 11) is 0. The predicted octanol–water partition coefficient (Wildman–Crippen LogP) is 9.62. The SMILES string of the molecule is CCCc1ccc(-c2ccc(CCc3cc(F)c(-c4ccc(C(F)(F)OC(F)(F)F)cc4)c(F)c3)cc2)cc1. The lowest BCUT2D eigenvalue weighted by Crippen LogP contribution is -2.27. The molecule has 0 radical (unpaired) electrons. The number of halogens is 7. The van der Waals surface area contributed by atoms with E-state index in [1.165, 1.54) is 17.7 Å². The first-order chi connectivity index (χ1) is 18.4. The van der Waals surface area contributed by atoms with Crippen molar-refractivity contribution in [3.8, 4) is 22.3 Å². The molecule has 4 rings (SSSR count). The first-order valence-electron chi connectivity index (χ1n) is 12.4. The molecule has 4 aromatic rings. The molecule has 0 amide bonds. The molecule has 0 saturated carbocycles. The molecule has 0 bridgehead atoms. The molecule has 39 heavy (non-hydrogen) atoms. The van der Waals surface area contributed by atoms with E-state index in [1.807, 2.05) is 24.3 Å².